The smallest absolute Gasteiger partial charge is 0.150 e. The van der Waals surface area contributed by atoms with Crippen molar-refractivity contribution in [1.82, 2.24) is 0 Å². The maximum absolute atomic E-state index is 11.1. The molecule has 0 aromatic rings. The topological polar surface area (TPSA) is 54.4 Å². The van der Waals surface area contributed by atoms with Crippen molar-refractivity contribution >= 4 is 9.84 Å². The SMILES string of the molecule is CC(CCO)C1CCS(=O)(=O)C1. The first-order valence-electron chi connectivity index (χ1n) is 4.36. The van der Waals surface area contributed by atoms with Crippen molar-refractivity contribution in [3.8, 4) is 0 Å². The van der Waals surface area contributed by atoms with Crippen LogP contribution in [-0.2, 0) is 9.84 Å². The van der Waals surface area contributed by atoms with Gasteiger partial charge in [0.1, 0.15) is 0 Å². The maximum atomic E-state index is 11.1. The molecule has 0 aliphatic carbocycles. The van der Waals surface area contributed by atoms with Crippen molar-refractivity contribution in [1.29, 1.82) is 0 Å². The third kappa shape index (κ3) is 2.45. The fourth-order valence-electron chi connectivity index (χ4n) is 1.71. The predicted molar refractivity (Wildman–Crippen MR) is 47.6 cm³/mol. The van der Waals surface area contributed by atoms with E-state index in [9.17, 15) is 8.42 Å². The van der Waals surface area contributed by atoms with Gasteiger partial charge in [-0.1, -0.05) is 6.92 Å². The lowest BCUT2D eigenvalue weighted by Gasteiger charge is -2.15. The highest BCUT2D eigenvalue weighted by Gasteiger charge is 2.30. The number of rotatable bonds is 3. The lowest BCUT2D eigenvalue weighted by atomic mass is 9.91. The summed E-state index contributed by atoms with van der Waals surface area (Å²) in [6, 6.07) is 0. The van der Waals surface area contributed by atoms with Gasteiger partial charge >= 0.3 is 0 Å². The standard InChI is InChI=1S/C8H16O3S/c1-7(2-4-9)8-3-5-12(10,11)6-8/h7-9H,2-6H2,1H3. The normalized spacial score (nSPS) is 30.3. The highest BCUT2D eigenvalue weighted by Crippen LogP contribution is 2.27. The summed E-state index contributed by atoms with van der Waals surface area (Å²) in [5, 5.41) is 8.68. The van der Waals surface area contributed by atoms with Gasteiger partial charge in [-0.15, -0.1) is 0 Å². The molecule has 0 amide bonds. The summed E-state index contributed by atoms with van der Waals surface area (Å²) in [5.41, 5.74) is 0. The molecule has 0 aromatic carbocycles. The molecule has 0 radical (unpaired) electrons. The van der Waals surface area contributed by atoms with Gasteiger partial charge in [-0.3, -0.25) is 0 Å². The van der Waals surface area contributed by atoms with Gasteiger partial charge in [0.15, 0.2) is 9.84 Å². The summed E-state index contributed by atoms with van der Waals surface area (Å²) in [7, 11) is -2.74. The molecule has 0 saturated carbocycles. The number of aliphatic hydroxyl groups is 1. The van der Waals surface area contributed by atoms with E-state index in [4.69, 9.17) is 5.11 Å². The van der Waals surface area contributed by atoms with Gasteiger partial charge in [0, 0.05) is 6.61 Å². The third-order valence-electron chi connectivity index (χ3n) is 2.66. The molecule has 1 rings (SSSR count). The molecular formula is C8H16O3S. The highest BCUT2D eigenvalue weighted by atomic mass is 32.2. The number of hydrogen-bond donors (Lipinski definition) is 1. The molecule has 4 heteroatoms. The summed E-state index contributed by atoms with van der Waals surface area (Å²) in [6.07, 6.45) is 1.50. The van der Waals surface area contributed by atoms with Crippen LogP contribution < -0.4 is 0 Å². The Kier molecular flexibility index (Phi) is 3.12. The van der Waals surface area contributed by atoms with Gasteiger partial charge in [-0.05, 0) is 24.7 Å². The zero-order valence-corrected chi connectivity index (χ0v) is 8.18. The monoisotopic (exact) mass is 192 g/mol. The van der Waals surface area contributed by atoms with Gasteiger partial charge in [0.2, 0.25) is 0 Å². The van der Waals surface area contributed by atoms with Gasteiger partial charge in [-0.25, -0.2) is 8.42 Å². The molecule has 2 unspecified atom stereocenters. The molecule has 0 aromatic heterocycles. The molecule has 3 nitrogen and oxygen atoms in total. The summed E-state index contributed by atoms with van der Waals surface area (Å²) >= 11 is 0. The van der Waals surface area contributed by atoms with E-state index in [-0.39, 0.29) is 12.5 Å². The molecule has 0 spiro atoms. The Morgan fingerprint density at radius 1 is 1.58 bits per heavy atom. The summed E-state index contributed by atoms with van der Waals surface area (Å²) < 4.78 is 22.2. The van der Waals surface area contributed by atoms with E-state index < -0.39 is 9.84 Å². The van der Waals surface area contributed by atoms with Gasteiger partial charge in [0.25, 0.3) is 0 Å². The molecule has 1 saturated heterocycles. The molecule has 1 heterocycles. The lowest BCUT2D eigenvalue weighted by molar-refractivity contribution is 0.237. The summed E-state index contributed by atoms with van der Waals surface area (Å²) in [4.78, 5) is 0. The summed E-state index contributed by atoms with van der Waals surface area (Å²) in [6.45, 7) is 2.18. The first-order valence-corrected chi connectivity index (χ1v) is 6.18. The van der Waals surface area contributed by atoms with E-state index in [1.54, 1.807) is 0 Å². The Hall–Kier alpha value is -0.0900. The average Bonchev–Trinajstić information content (AvgIpc) is 2.31. The van der Waals surface area contributed by atoms with E-state index in [0.717, 1.165) is 12.8 Å². The second-order valence-electron chi connectivity index (χ2n) is 3.65. The van der Waals surface area contributed by atoms with E-state index >= 15 is 0 Å². The maximum Gasteiger partial charge on any atom is 0.150 e. The molecule has 2 atom stereocenters. The largest absolute Gasteiger partial charge is 0.396 e. The van der Waals surface area contributed by atoms with Crippen LogP contribution in [0.25, 0.3) is 0 Å². The van der Waals surface area contributed by atoms with Crippen LogP contribution in [0, 0.1) is 11.8 Å². The van der Waals surface area contributed by atoms with Crippen molar-refractivity contribution in [2.75, 3.05) is 18.1 Å². The molecule has 72 valence electrons. The van der Waals surface area contributed by atoms with E-state index in [0.29, 0.717) is 17.4 Å². The first-order chi connectivity index (χ1) is 5.55. The predicted octanol–water partition coefficient (Wildman–Crippen LogP) is 0.440. The Labute approximate surface area is 73.7 Å². The van der Waals surface area contributed by atoms with Crippen LogP contribution in [0.5, 0.6) is 0 Å². The number of aliphatic hydroxyl groups excluding tert-OH is 1. The average molecular weight is 192 g/mol. The van der Waals surface area contributed by atoms with Crippen molar-refractivity contribution in [2.45, 2.75) is 19.8 Å². The highest BCUT2D eigenvalue weighted by molar-refractivity contribution is 7.91. The molecule has 1 aliphatic heterocycles. The quantitative estimate of drug-likeness (QED) is 0.706. The molecule has 0 bridgehead atoms. The zero-order chi connectivity index (χ0) is 9.19. The van der Waals surface area contributed by atoms with Crippen LogP contribution in [0.4, 0.5) is 0 Å². The Morgan fingerprint density at radius 2 is 2.25 bits per heavy atom. The second-order valence-corrected chi connectivity index (χ2v) is 5.88. The molecular weight excluding hydrogens is 176 g/mol. The molecule has 1 fully saturated rings. The fourth-order valence-corrected chi connectivity index (χ4v) is 3.69. The Bertz CT molecular complexity index is 233. The van der Waals surface area contributed by atoms with Crippen molar-refractivity contribution in [3.63, 3.8) is 0 Å². The molecule has 1 aliphatic rings. The van der Waals surface area contributed by atoms with Crippen LogP contribution in [-0.4, -0.2) is 31.6 Å². The molecule has 1 N–H and O–H groups in total. The van der Waals surface area contributed by atoms with Crippen molar-refractivity contribution in [2.24, 2.45) is 11.8 Å². The van der Waals surface area contributed by atoms with Gasteiger partial charge in [0.05, 0.1) is 11.5 Å². The van der Waals surface area contributed by atoms with Crippen molar-refractivity contribution < 1.29 is 13.5 Å². The first kappa shape index (κ1) is 9.99. The van der Waals surface area contributed by atoms with Crippen LogP contribution in [0.2, 0.25) is 0 Å². The number of sulfone groups is 1. The Morgan fingerprint density at radius 3 is 2.67 bits per heavy atom. The minimum Gasteiger partial charge on any atom is -0.396 e. The van der Waals surface area contributed by atoms with E-state index in [1.165, 1.54) is 0 Å². The number of hydrogen-bond acceptors (Lipinski definition) is 3. The van der Waals surface area contributed by atoms with E-state index in [1.807, 2.05) is 6.92 Å². The van der Waals surface area contributed by atoms with Gasteiger partial charge < -0.3 is 5.11 Å². The lowest BCUT2D eigenvalue weighted by Crippen LogP contribution is -2.14. The minimum atomic E-state index is -2.74. The van der Waals surface area contributed by atoms with Crippen LogP contribution in [0.15, 0.2) is 0 Å². The van der Waals surface area contributed by atoms with Crippen LogP contribution in [0.3, 0.4) is 0 Å². The van der Waals surface area contributed by atoms with E-state index in [2.05, 4.69) is 0 Å². The van der Waals surface area contributed by atoms with Gasteiger partial charge in [-0.2, -0.15) is 0 Å². The second kappa shape index (κ2) is 3.75. The van der Waals surface area contributed by atoms with Crippen LogP contribution in [0.1, 0.15) is 19.8 Å². The zero-order valence-electron chi connectivity index (χ0n) is 7.36. The molecule has 12 heavy (non-hydrogen) atoms. The third-order valence-corrected chi connectivity index (χ3v) is 4.45. The summed E-state index contributed by atoms with van der Waals surface area (Å²) in [5.74, 6) is 1.29. The minimum absolute atomic E-state index is 0.164. The van der Waals surface area contributed by atoms with Crippen molar-refractivity contribution in [3.05, 3.63) is 0 Å². The Balaban J connectivity index is 2.46. The fraction of sp³-hybridized carbons (Fsp3) is 1.00. The van der Waals surface area contributed by atoms with Crippen LogP contribution >= 0.6 is 0 Å².